The number of aliphatic hydroxyl groups is 1. The number of rotatable bonds is 4. The minimum absolute atomic E-state index is 0.0177. The summed E-state index contributed by atoms with van der Waals surface area (Å²) in [4.78, 5) is 20.9. The van der Waals surface area contributed by atoms with Gasteiger partial charge in [-0.25, -0.2) is 4.68 Å². The molecule has 0 saturated heterocycles. The molecule has 0 amide bonds. The summed E-state index contributed by atoms with van der Waals surface area (Å²) in [5.74, 6) is 0.402. The number of nitrogens with one attached hydrogen (secondary N) is 1. The highest BCUT2D eigenvalue weighted by Crippen LogP contribution is 2.15. The minimum Gasteiger partial charge on any atom is -0.395 e. The maximum Gasteiger partial charge on any atom is 0.263 e. The molecule has 3 aromatic rings. The first-order chi connectivity index (χ1) is 10.2. The monoisotopic (exact) mass is 285 g/mol. The van der Waals surface area contributed by atoms with Crippen LogP contribution in [0, 0.1) is 0 Å². The Labute approximate surface area is 120 Å². The van der Waals surface area contributed by atoms with Crippen LogP contribution in [-0.4, -0.2) is 45.1 Å². The second-order valence-electron chi connectivity index (χ2n) is 4.66. The maximum absolute atomic E-state index is 12.1. The summed E-state index contributed by atoms with van der Waals surface area (Å²) >= 11 is 0. The van der Waals surface area contributed by atoms with Crippen LogP contribution < -0.4 is 10.5 Å². The molecule has 0 fully saturated rings. The topological polar surface area (TPSA) is 87.0 Å². The summed E-state index contributed by atoms with van der Waals surface area (Å²) in [5.41, 5.74) is 1.08. The summed E-state index contributed by atoms with van der Waals surface area (Å²) < 4.78 is 1.63. The van der Waals surface area contributed by atoms with Gasteiger partial charge < -0.3 is 10.0 Å². The predicted molar refractivity (Wildman–Crippen MR) is 79.8 cm³/mol. The molecule has 2 N–H and O–H groups in total. The van der Waals surface area contributed by atoms with Gasteiger partial charge in [0.2, 0.25) is 5.95 Å². The van der Waals surface area contributed by atoms with Crippen LogP contribution in [0.2, 0.25) is 0 Å². The number of anilines is 1. The van der Waals surface area contributed by atoms with Crippen molar-refractivity contribution in [3.8, 4) is 5.69 Å². The molecule has 1 aromatic carbocycles. The lowest BCUT2D eigenvalue weighted by Crippen LogP contribution is -2.26. The molecule has 0 saturated carbocycles. The first-order valence-electron chi connectivity index (χ1n) is 6.56. The number of hydrogen-bond acceptors (Lipinski definition) is 5. The molecule has 2 aromatic heterocycles. The number of likely N-dealkylation sites (N-methyl/N-ethyl adjacent to an activating group) is 1. The van der Waals surface area contributed by atoms with E-state index in [1.54, 1.807) is 16.6 Å². The third-order valence-electron chi connectivity index (χ3n) is 3.22. The van der Waals surface area contributed by atoms with Gasteiger partial charge in [-0.2, -0.15) is 10.1 Å². The van der Waals surface area contributed by atoms with E-state index < -0.39 is 0 Å². The van der Waals surface area contributed by atoms with Gasteiger partial charge in [0.05, 0.1) is 18.5 Å². The highest BCUT2D eigenvalue weighted by atomic mass is 16.3. The molecule has 0 spiro atoms. The zero-order valence-corrected chi connectivity index (χ0v) is 11.5. The normalized spacial score (nSPS) is 11.0. The third-order valence-corrected chi connectivity index (χ3v) is 3.22. The lowest BCUT2D eigenvalue weighted by molar-refractivity contribution is 0.303. The van der Waals surface area contributed by atoms with Crippen LogP contribution in [0.15, 0.2) is 41.3 Å². The van der Waals surface area contributed by atoms with Gasteiger partial charge in [-0.05, 0) is 12.1 Å². The zero-order chi connectivity index (χ0) is 14.8. The Morgan fingerprint density at radius 1 is 1.33 bits per heavy atom. The molecule has 0 bridgehead atoms. The van der Waals surface area contributed by atoms with Gasteiger partial charge in [0, 0.05) is 13.6 Å². The Morgan fingerprint density at radius 2 is 2.10 bits per heavy atom. The molecule has 21 heavy (non-hydrogen) atoms. The molecule has 0 aliphatic heterocycles. The highest BCUT2D eigenvalue weighted by molar-refractivity contribution is 5.76. The van der Waals surface area contributed by atoms with Crippen LogP contribution in [0.5, 0.6) is 0 Å². The summed E-state index contributed by atoms with van der Waals surface area (Å²) in [5, 5.41) is 13.7. The SMILES string of the molecule is CN(CCO)c1nc2c(cnn2-c2ccccc2)c(=O)[nH]1. The van der Waals surface area contributed by atoms with Crippen LogP contribution in [0.4, 0.5) is 5.95 Å². The number of aromatic nitrogens is 4. The number of hydrogen-bond donors (Lipinski definition) is 2. The Hall–Kier alpha value is -2.67. The van der Waals surface area contributed by atoms with Crippen molar-refractivity contribution in [2.45, 2.75) is 0 Å². The first-order valence-corrected chi connectivity index (χ1v) is 6.56. The second-order valence-corrected chi connectivity index (χ2v) is 4.66. The second kappa shape index (κ2) is 5.37. The Bertz CT molecular complexity index is 809. The lowest BCUT2D eigenvalue weighted by atomic mass is 10.3. The molecule has 7 nitrogen and oxygen atoms in total. The largest absolute Gasteiger partial charge is 0.395 e. The average Bonchev–Trinajstić information content (AvgIpc) is 2.93. The molecule has 0 atom stereocenters. The predicted octanol–water partition coefficient (Wildman–Crippen LogP) is 0.537. The van der Waals surface area contributed by atoms with Crippen molar-refractivity contribution in [2.24, 2.45) is 0 Å². The molecule has 0 unspecified atom stereocenters. The lowest BCUT2D eigenvalue weighted by Gasteiger charge is -2.15. The fourth-order valence-electron chi connectivity index (χ4n) is 2.10. The number of para-hydroxylation sites is 1. The van der Waals surface area contributed by atoms with E-state index in [1.165, 1.54) is 6.20 Å². The molecule has 0 aliphatic carbocycles. The van der Waals surface area contributed by atoms with Gasteiger partial charge in [0.1, 0.15) is 5.39 Å². The third kappa shape index (κ3) is 2.38. The van der Waals surface area contributed by atoms with E-state index in [4.69, 9.17) is 5.11 Å². The molecular formula is C14H15N5O2. The van der Waals surface area contributed by atoms with Crippen molar-refractivity contribution in [3.63, 3.8) is 0 Å². The van der Waals surface area contributed by atoms with Crippen LogP contribution in [0.1, 0.15) is 0 Å². The van der Waals surface area contributed by atoms with E-state index in [0.29, 0.717) is 23.5 Å². The van der Waals surface area contributed by atoms with Crippen molar-refractivity contribution in [1.29, 1.82) is 0 Å². The van der Waals surface area contributed by atoms with Crippen molar-refractivity contribution in [3.05, 3.63) is 46.9 Å². The summed E-state index contributed by atoms with van der Waals surface area (Å²) in [6.45, 7) is 0.365. The van der Waals surface area contributed by atoms with E-state index >= 15 is 0 Å². The van der Waals surface area contributed by atoms with E-state index in [2.05, 4.69) is 15.1 Å². The van der Waals surface area contributed by atoms with Crippen LogP contribution in [0.3, 0.4) is 0 Å². The van der Waals surface area contributed by atoms with E-state index in [0.717, 1.165) is 5.69 Å². The van der Waals surface area contributed by atoms with Gasteiger partial charge in [0.25, 0.3) is 5.56 Å². The molecule has 108 valence electrons. The Kier molecular flexibility index (Phi) is 3.41. The molecule has 3 rings (SSSR count). The molecule has 0 radical (unpaired) electrons. The summed E-state index contributed by atoms with van der Waals surface area (Å²) in [6.07, 6.45) is 1.50. The van der Waals surface area contributed by atoms with Gasteiger partial charge in [0.15, 0.2) is 5.65 Å². The van der Waals surface area contributed by atoms with Crippen LogP contribution in [-0.2, 0) is 0 Å². The van der Waals surface area contributed by atoms with Gasteiger partial charge >= 0.3 is 0 Å². The van der Waals surface area contributed by atoms with E-state index in [1.807, 2.05) is 30.3 Å². The van der Waals surface area contributed by atoms with Gasteiger partial charge in [-0.3, -0.25) is 9.78 Å². The van der Waals surface area contributed by atoms with Crippen molar-refractivity contribution >= 4 is 17.0 Å². The molecular weight excluding hydrogens is 270 g/mol. The van der Waals surface area contributed by atoms with Gasteiger partial charge in [-0.15, -0.1) is 0 Å². The van der Waals surface area contributed by atoms with Crippen LogP contribution >= 0.6 is 0 Å². The van der Waals surface area contributed by atoms with Crippen LogP contribution in [0.25, 0.3) is 16.7 Å². The fourth-order valence-corrected chi connectivity index (χ4v) is 2.10. The number of benzene rings is 1. The highest BCUT2D eigenvalue weighted by Gasteiger charge is 2.13. The number of fused-ring (bicyclic) bond motifs is 1. The molecule has 2 heterocycles. The quantitative estimate of drug-likeness (QED) is 0.730. The number of nitrogens with zero attached hydrogens (tertiary/aromatic N) is 4. The van der Waals surface area contributed by atoms with E-state index in [-0.39, 0.29) is 12.2 Å². The minimum atomic E-state index is -0.248. The fraction of sp³-hybridized carbons (Fsp3) is 0.214. The zero-order valence-electron chi connectivity index (χ0n) is 11.5. The standard InChI is InChI=1S/C14H15N5O2/c1-18(7-8-20)14-16-12-11(13(21)17-14)9-15-19(12)10-5-3-2-4-6-10/h2-6,9,20H,7-8H2,1H3,(H,16,17,21). The van der Waals surface area contributed by atoms with Gasteiger partial charge in [-0.1, -0.05) is 18.2 Å². The maximum atomic E-state index is 12.1. The molecule has 7 heteroatoms. The average molecular weight is 285 g/mol. The number of H-pyrrole nitrogens is 1. The smallest absolute Gasteiger partial charge is 0.263 e. The number of aliphatic hydroxyl groups excluding tert-OH is 1. The molecule has 0 aliphatic rings. The van der Waals surface area contributed by atoms with Crippen molar-refractivity contribution < 1.29 is 5.11 Å². The summed E-state index contributed by atoms with van der Waals surface area (Å²) in [7, 11) is 1.75. The van der Waals surface area contributed by atoms with Crippen molar-refractivity contribution in [2.75, 3.05) is 25.1 Å². The van der Waals surface area contributed by atoms with E-state index in [9.17, 15) is 4.79 Å². The van der Waals surface area contributed by atoms with Crippen molar-refractivity contribution in [1.82, 2.24) is 19.7 Å². The Balaban J connectivity index is 2.18. The Morgan fingerprint density at radius 3 is 2.81 bits per heavy atom. The number of aromatic amines is 1. The summed E-state index contributed by atoms with van der Waals surface area (Å²) in [6, 6.07) is 9.50. The first kappa shape index (κ1) is 13.3.